The van der Waals surface area contributed by atoms with E-state index in [1.54, 1.807) is 18.2 Å². The molecule has 3 rings (SSSR count). The Labute approximate surface area is 123 Å². The van der Waals surface area contributed by atoms with Gasteiger partial charge in [-0.1, -0.05) is 30.3 Å². The number of halogens is 1. The molecule has 2 aromatic carbocycles. The highest BCUT2D eigenvalue weighted by Gasteiger charge is 2.34. The van der Waals surface area contributed by atoms with Crippen LogP contribution in [0.1, 0.15) is 17.5 Å². The van der Waals surface area contributed by atoms with Gasteiger partial charge in [-0.15, -0.1) is 0 Å². The minimum Gasteiger partial charge on any atom is -0.494 e. The molecule has 1 unspecified atom stereocenters. The van der Waals surface area contributed by atoms with Gasteiger partial charge in [-0.25, -0.2) is 4.39 Å². The highest BCUT2D eigenvalue weighted by Crippen LogP contribution is 2.38. The molecular weight excluding hydrogens is 269 g/mol. The van der Waals surface area contributed by atoms with Crippen LogP contribution in [-0.4, -0.2) is 13.7 Å². The summed E-state index contributed by atoms with van der Waals surface area (Å²) in [5.41, 5.74) is 7.45. The molecule has 1 aliphatic rings. The number of nitrogens with two attached hydrogens (primary N) is 1. The molecule has 1 aliphatic heterocycles. The summed E-state index contributed by atoms with van der Waals surface area (Å²) in [6.07, 6.45) is 1.07. The molecule has 0 radical (unpaired) electrons. The maximum absolute atomic E-state index is 14.4. The summed E-state index contributed by atoms with van der Waals surface area (Å²) in [6.45, 7) is 0.541. The molecule has 0 aliphatic carbocycles. The number of hydrogen-bond donors (Lipinski definition) is 1. The lowest BCUT2D eigenvalue weighted by Gasteiger charge is -2.35. The van der Waals surface area contributed by atoms with Crippen LogP contribution < -0.4 is 15.2 Å². The van der Waals surface area contributed by atoms with Gasteiger partial charge in [0.05, 0.1) is 19.3 Å². The number of para-hydroxylation sites is 1. The van der Waals surface area contributed by atoms with Crippen LogP contribution in [0, 0.1) is 5.82 Å². The predicted octanol–water partition coefficient (Wildman–Crippen LogP) is 3.01. The maximum atomic E-state index is 14.4. The Morgan fingerprint density at radius 3 is 2.86 bits per heavy atom. The van der Waals surface area contributed by atoms with Gasteiger partial charge in [-0.05, 0) is 24.1 Å². The Kier molecular flexibility index (Phi) is 3.55. The van der Waals surface area contributed by atoms with Gasteiger partial charge in [-0.2, -0.15) is 0 Å². The Bertz CT molecular complexity index is 659. The number of methoxy groups -OCH3 is 1. The van der Waals surface area contributed by atoms with Crippen LogP contribution >= 0.6 is 0 Å². The molecule has 110 valence electrons. The van der Waals surface area contributed by atoms with Crippen molar-refractivity contribution in [2.45, 2.75) is 18.4 Å². The SMILES string of the molecule is COc1cccc(CC2(N)CCOc3ccccc32)c1F. The van der Waals surface area contributed by atoms with Crippen molar-refractivity contribution in [3.05, 3.63) is 59.4 Å². The Balaban J connectivity index is 1.99. The molecule has 1 atom stereocenters. The second kappa shape index (κ2) is 5.37. The van der Waals surface area contributed by atoms with Crippen LogP contribution in [0.15, 0.2) is 42.5 Å². The summed E-state index contributed by atoms with van der Waals surface area (Å²) in [5, 5.41) is 0. The van der Waals surface area contributed by atoms with Crippen LogP contribution in [0.2, 0.25) is 0 Å². The lowest BCUT2D eigenvalue weighted by atomic mass is 9.80. The average Bonchev–Trinajstić information content (AvgIpc) is 2.50. The summed E-state index contributed by atoms with van der Waals surface area (Å²) in [4.78, 5) is 0. The molecule has 0 fully saturated rings. The third-order valence-corrected chi connectivity index (χ3v) is 4.00. The molecule has 0 spiro atoms. The quantitative estimate of drug-likeness (QED) is 0.943. The van der Waals surface area contributed by atoms with Crippen molar-refractivity contribution in [3.8, 4) is 11.5 Å². The largest absolute Gasteiger partial charge is 0.494 e. The molecule has 3 nitrogen and oxygen atoms in total. The van der Waals surface area contributed by atoms with E-state index in [4.69, 9.17) is 15.2 Å². The van der Waals surface area contributed by atoms with Crippen molar-refractivity contribution in [1.29, 1.82) is 0 Å². The molecule has 0 amide bonds. The summed E-state index contributed by atoms with van der Waals surface area (Å²) in [5.74, 6) is 0.694. The zero-order valence-corrected chi connectivity index (χ0v) is 11.9. The van der Waals surface area contributed by atoms with Crippen LogP contribution in [0.4, 0.5) is 4.39 Å². The summed E-state index contributed by atoms with van der Waals surface area (Å²) in [7, 11) is 1.46. The van der Waals surface area contributed by atoms with E-state index in [2.05, 4.69) is 0 Å². The second-order valence-electron chi connectivity index (χ2n) is 5.36. The average molecular weight is 287 g/mol. The fourth-order valence-electron chi connectivity index (χ4n) is 2.86. The van der Waals surface area contributed by atoms with Crippen LogP contribution in [-0.2, 0) is 12.0 Å². The number of benzene rings is 2. The van der Waals surface area contributed by atoms with Crippen molar-refractivity contribution in [3.63, 3.8) is 0 Å². The molecule has 2 aromatic rings. The lowest BCUT2D eigenvalue weighted by Crippen LogP contribution is -2.43. The number of hydrogen-bond acceptors (Lipinski definition) is 3. The maximum Gasteiger partial charge on any atom is 0.168 e. The second-order valence-corrected chi connectivity index (χ2v) is 5.36. The molecule has 0 saturated heterocycles. The molecule has 0 aromatic heterocycles. The van der Waals surface area contributed by atoms with E-state index in [-0.39, 0.29) is 11.6 Å². The van der Waals surface area contributed by atoms with Gasteiger partial charge < -0.3 is 15.2 Å². The van der Waals surface area contributed by atoms with E-state index in [9.17, 15) is 4.39 Å². The fraction of sp³-hybridized carbons (Fsp3) is 0.294. The first-order chi connectivity index (χ1) is 10.1. The van der Waals surface area contributed by atoms with Gasteiger partial charge in [-0.3, -0.25) is 0 Å². The Morgan fingerprint density at radius 2 is 2.05 bits per heavy atom. The topological polar surface area (TPSA) is 44.5 Å². The van der Waals surface area contributed by atoms with Crippen molar-refractivity contribution in [2.75, 3.05) is 13.7 Å². The van der Waals surface area contributed by atoms with Gasteiger partial charge in [0.1, 0.15) is 5.75 Å². The smallest absolute Gasteiger partial charge is 0.168 e. The standard InChI is InChI=1S/C17H18FNO2/c1-20-15-8-4-5-12(16(15)18)11-17(19)9-10-21-14-7-3-2-6-13(14)17/h2-8H,9-11,19H2,1H3. The first-order valence-electron chi connectivity index (χ1n) is 6.96. The Hall–Kier alpha value is -2.07. The number of ether oxygens (including phenoxy) is 2. The number of fused-ring (bicyclic) bond motifs is 1. The van der Waals surface area contributed by atoms with Crippen molar-refractivity contribution < 1.29 is 13.9 Å². The molecule has 4 heteroatoms. The van der Waals surface area contributed by atoms with Crippen LogP contribution in [0.25, 0.3) is 0 Å². The summed E-state index contributed by atoms with van der Waals surface area (Å²) in [6, 6.07) is 12.8. The number of rotatable bonds is 3. The van der Waals surface area contributed by atoms with E-state index in [0.717, 1.165) is 11.3 Å². The monoisotopic (exact) mass is 287 g/mol. The van der Waals surface area contributed by atoms with Gasteiger partial charge in [0, 0.05) is 12.0 Å². The third-order valence-electron chi connectivity index (χ3n) is 4.00. The zero-order chi connectivity index (χ0) is 14.9. The van der Waals surface area contributed by atoms with Gasteiger partial charge >= 0.3 is 0 Å². The van der Waals surface area contributed by atoms with Crippen LogP contribution in [0.3, 0.4) is 0 Å². The highest BCUT2D eigenvalue weighted by atomic mass is 19.1. The van der Waals surface area contributed by atoms with Crippen molar-refractivity contribution in [2.24, 2.45) is 5.73 Å². The van der Waals surface area contributed by atoms with Gasteiger partial charge in [0.2, 0.25) is 0 Å². The highest BCUT2D eigenvalue weighted by molar-refractivity contribution is 5.43. The van der Waals surface area contributed by atoms with Gasteiger partial charge in [0.15, 0.2) is 11.6 Å². The summed E-state index contributed by atoms with van der Waals surface area (Å²) < 4.78 is 25.0. The first-order valence-corrected chi connectivity index (χ1v) is 6.96. The van der Waals surface area contributed by atoms with Gasteiger partial charge in [0.25, 0.3) is 0 Å². The van der Waals surface area contributed by atoms with E-state index < -0.39 is 5.54 Å². The third kappa shape index (κ3) is 2.47. The molecular formula is C17H18FNO2. The van der Waals surface area contributed by atoms with E-state index in [1.165, 1.54) is 7.11 Å². The van der Waals surface area contributed by atoms with Crippen molar-refractivity contribution >= 4 is 0 Å². The normalized spacial score (nSPS) is 20.5. The van der Waals surface area contributed by atoms with E-state index in [0.29, 0.717) is 25.0 Å². The fourth-order valence-corrected chi connectivity index (χ4v) is 2.86. The molecule has 21 heavy (non-hydrogen) atoms. The molecule has 0 saturated carbocycles. The Morgan fingerprint density at radius 1 is 1.24 bits per heavy atom. The van der Waals surface area contributed by atoms with Crippen molar-refractivity contribution in [1.82, 2.24) is 0 Å². The first kappa shape index (κ1) is 13.9. The minimum atomic E-state index is -0.623. The minimum absolute atomic E-state index is 0.247. The molecule has 0 bridgehead atoms. The molecule has 1 heterocycles. The molecule has 2 N–H and O–H groups in total. The summed E-state index contributed by atoms with van der Waals surface area (Å²) >= 11 is 0. The predicted molar refractivity (Wildman–Crippen MR) is 79.1 cm³/mol. The van der Waals surface area contributed by atoms with E-state index >= 15 is 0 Å². The zero-order valence-electron chi connectivity index (χ0n) is 11.9. The lowest BCUT2D eigenvalue weighted by molar-refractivity contribution is 0.214. The van der Waals surface area contributed by atoms with Crippen LogP contribution in [0.5, 0.6) is 11.5 Å². The van der Waals surface area contributed by atoms with E-state index in [1.807, 2.05) is 24.3 Å².